The molecule has 16 heavy (non-hydrogen) atoms. The predicted molar refractivity (Wildman–Crippen MR) is 64.9 cm³/mol. The van der Waals surface area contributed by atoms with E-state index in [9.17, 15) is 8.42 Å². The second kappa shape index (κ2) is 5.02. The fourth-order valence-corrected chi connectivity index (χ4v) is 4.34. The summed E-state index contributed by atoms with van der Waals surface area (Å²) in [5.41, 5.74) is 0. The maximum atomic E-state index is 12.0. The van der Waals surface area contributed by atoms with Gasteiger partial charge in [-0.25, -0.2) is 8.42 Å². The molecule has 0 N–H and O–H groups in total. The predicted octanol–water partition coefficient (Wildman–Crippen LogP) is 0.896. The van der Waals surface area contributed by atoms with Gasteiger partial charge in [-0.15, -0.1) is 0 Å². The first-order chi connectivity index (χ1) is 7.63. The van der Waals surface area contributed by atoms with Gasteiger partial charge in [0.05, 0.1) is 5.75 Å². The summed E-state index contributed by atoms with van der Waals surface area (Å²) in [4.78, 5) is 2.44. The molecule has 0 radical (unpaired) electrons. The Morgan fingerprint density at radius 3 is 2.81 bits per heavy atom. The molecule has 2 rings (SSSR count). The van der Waals surface area contributed by atoms with Gasteiger partial charge in [-0.05, 0) is 25.8 Å². The quantitative estimate of drug-likeness (QED) is 0.740. The molecule has 0 saturated carbocycles. The molecular formula is C11H22N2O2S. The minimum absolute atomic E-state index is 0.330. The van der Waals surface area contributed by atoms with E-state index >= 15 is 0 Å². The summed E-state index contributed by atoms with van der Waals surface area (Å²) < 4.78 is 25.8. The van der Waals surface area contributed by atoms with E-state index in [-0.39, 0.29) is 0 Å². The Bertz CT molecular complexity index is 329. The summed E-state index contributed by atoms with van der Waals surface area (Å²) in [7, 11) is -2.98. The lowest BCUT2D eigenvalue weighted by Crippen LogP contribution is -2.52. The van der Waals surface area contributed by atoms with E-state index < -0.39 is 10.0 Å². The Morgan fingerprint density at radius 1 is 1.25 bits per heavy atom. The summed E-state index contributed by atoms with van der Waals surface area (Å²) in [6.07, 6.45) is 4.13. The number of sulfonamides is 1. The molecule has 0 amide bonds. The lowest BCUT2D eigenvalue weighted by atomic mass is 10.2. The van der Waals surface area contributed by atoms with Crippen LogP contribution in [0.2, 0.25) is 0 Å². The van der Waals surface area contributed by atoms with Crippen LogP contribution in [-0.2, 0) is 10.0 Å². The second-order valence-corrected chi connectivity index (χ2v) is 6.95. The van der Waals surface area contributed by atoms with Crippen molar-refractivity contribution in [3.05, 3.63) is 0 Å². The van der Waals surface area contributed by atoms with Crippen LogP contribution in [0.25, 0.3) is 0 Å². The molecule has 2 saturated heterocycles. The maximum Gasteiger partial charge on any atom is 0.214 e. The Hall–Kier alpha value is -0.130. The van der Waals surface area contributed by atoms with E-state index in [2.05, 4.69) is 4.90 Å². The van der Waals surface area contributed by atoms with Gasteiger partial charge >= 0.3 is 0 Å². The largest absolute Gasteiger partial charge is 0.298 e. The van der Waals surface area contributed by atoms with Crippen molar-refractivity contribution in [3.63, 3.8) is 0 Å². The summed E-state index contributed by atoms with van der Waals surface area (Å²) in [5.74, 6) is 0.330. The molecule has 94 valence electrons. The van der Waals surface area contributed by atoms with Crippen LogP contribution in [0.3, 0.4) is 0 Å². The van der Waals surface area contributed by atoms with Crippen LogP contribution in [0.15, 0.2) is 0 Å². The molecular weight excluding hydrogens is 224 g/mol. The van der Waals surface area contributed by atoms with Crippen molar-refractivity contribution in [2.75, 3.05) is 31.9 Å². The van der Waals surface area contributed by atoms with Crippen molar-refractivity contribution in [1.29, 1.82) is 0 Å². The number of unbranched alkanes of at least 4 members (excludes halogenated alkanes) is 1. The summed E-state index contributed by atoms with van der Waals surface area (Å²) in [5, 5.41) is 0. The topological polar surface area (TPSA) is 40.6 Å². The van der Waals surface area contributed by atoms with Gasteiger partial charge in [0.2, 0.25) is 10.0 Å². The highest BCUT2D eigenvalue weighted by atomic mass is 32.2. The molecule has 2 fully saturated rings. The third kappa shape index (κ3) is 2.57. The maximum absolute atomic E-state index is 12.0. The Labute approximate surface area is 98.7 Å². The van der Waals surface area contributed by atoms with E-state index in [1.165, 1.54) is 12.8 Å². The molecule has 2 heterocycles. The van der Waals surface area contributed by atoms with Gasteiger partial charge in [0.25, 0.3) is 0 Å². The Morgan fingerprint density at radius 2 is 2.06 bits per heavy atom. The van der Waals surface area contributed by atoms with Crippen LogP contribution >= 0.6 is 0 Å². The van der Waals surface area contributed by atoms with Crippen molar-refractivity contribution < 1.29 is 8.42 Å². The number of nitrogens with zero attached hydrogens (tertiary/aromatic N) is 2. The van der Waals surface area contributed by atoms with Crippen LogP contribution in [0.1, 0.15) is 32.6 Å². The highest BCUT2D eigenvalue weighted by molar-refractivity contribution is 7.89. The molecule has 0 aromatic rings. The van der Waals surface area contributed by atoms with E-state index in [0.717, 1.165) is 32.5 Å². The molecule has 0 aliphatic carbocycles. The first kappa shape index (κ1) is 12.3. The average Bonchev–Trinajstić information content (AvgIpc) is 2.73. The van der Waals surface area contributed by atoms with E-state index in [1.54, 1.807) is 4.31 Å². The third-order valence-corrected chi connectivity index (χ3v) is 5.62. The second-order valence-electron chi connectivity index (χ2n) is 4.86. The van der Waals surface area contributed by atoms with Crippen LogP contribution in [0, 0.1) is 0 Å². The molecule has 0 spiro atoms. The van der Waals surface area contributed by atoms with Crippen molar-refractivity contribution in [1.82, 2.24) is 9.21 Å². The summed E-state index contributed by atoms with van der Waals surface area (Å²) >= 11 is 0. The van der Waals surface area contributed by atoms with Crippen LogP contribution in [0.5, 0.6) is 0 Å². The Balaban J connectivity index is 1.95. The fraction of sp³-hybridized carbons (Fsp3) is 1.00. The standard InChI is InChI=1S/C11H22N2O2S/c1-2-3-9-16(14,15)13-8-7-12-6-4-5-11(12)10-13/h11H,2-10H2,1H3. The molecule has 2 aliphatic rings. The summed E-state index contributed by atoms with van der Waals surface area (Å²) in [6, 6.07) is 0.491. The zero-order chi connectivity index (χ0) is 11.6. The fourth-order valence-electron chi connectivity index (χ4n) is 2.67. The van der Waals surface area contributed by atoms with Crippen LogP contribution in [-0.4, -0.2) is 55.6 Å². The first-order valence-electron chi connectivity index (χ1n) is 6.35. The van der Waals surface area contributed by atoms with E-state index in [0.29, 0.717) is 18.3 Å². The van der Waals surface area contributed by atoms with Crippen LogP contribution in [0.4, 0.5) is 0 Å². The molecule has 1 unspecified atom stereocenters. The van der Waals surface area contributed by atoms with Gasteiger partial charge in [-0.2, -0.15) is 4.31 Å². The lowest BCUT2D eigenvalue weighted by Gasteiger charge is -2.36. The third-order valence-electron chi connectivity index (χ3n) is 3.70. The lowest BCUT2D eigenvalue weighted by molar-refractivity contribution is 0.158. The molecule has 2 aliphatic heterocycles. The number of rotatable bonds is 4. The van der Waals surface area contributed by atoms with Gasteiger partial charge in [0, 0.05) is 25.7 Å². The van der Waals surface area contributed by atoms with Gasteiger partial charge in [0.1, 0.15) is 0 Å². The van der Waals surface area contributed by atoms with E-state index in [1.807, 2.05) is 6.92 Å². The molecule has 0 aromatic heterocycles. The van der Waals surface area contributed by atoms with E-state index in [4.69, 9.17) is 0 Å². The number of hydrogen-bond donors (Lipinski definition) is 0. The first-order valence-corrected chi connectivity index (χ1v) is 7.96. The normalized spacial score (nSPS) is 28.2. The van der Waals surface area contributed by atoms with Crippen LogP contribution < -0.4 is 0 Å². The Kier molecular flexibility index (Phi) is 3.87. The van der Waals surface area contributed by atoms with Gasteiger partial charge < -0.3 is 0 Å². The molecule has 0 aromatic carbocycles. The average molecular weight is 246 g/mol. The minimum atomic E-state index is -2.98. The molecule has 0 bridgehead atoms. The number of hydrogen-bond acceptors (Lipinski definition) is 3. The zero-order valence-corrected chi connectivity index (χ0v) is 10.9. The molecule has 1 atom stereocenters. The monoisotopic (exact) mass is 246 g/mol. The van der Waals surface area contributed by atoms with Crippen molar-refractivity contribution >= 4 is 10.0 Å². The summed E-state index contributed by atoms with van der Waals surface area (Å²) in [6.45, 7) is 5.54. The van der Waals surface area contributed by atoms with Gasteiger partial charge in [-0.1, -0.05) is 13.3 Å². The van der Waals surface area contributed by atoms with Crippen molar-refractivity contribution in [3.8, 4) is 0 Å². The molecule has 4 nitrogen and oxygen atoms in total. The number of piperazine rings is 1. The SMILES string of the molecule is CCCCS(=O)(=O)N1CCN2CCCC2C1. The zero-order valence-electron chi connectivity index (χ0n) is 10.1. The highest BCUT2D eigenvalue weighted by Gasteiger charge is 2.34. The smallest absolute Gasteiger partial charge is 0.214 e. The molecule has 5 heteroatoms. The highest BCUT2D eigenvalue weighted by Crippen LogP contribution is 2.23. The number of fused-ring (bicyclic) bond motifs is 1. The van der Waals surface area contributed by atoms with Crippen molar-refractivity contribution in [2.24, 2.45) is 0 Å². The minimum Gasteiger partial charge on any atom is -0.298 e. The van der Waals surface area contributed by atoms with Gasteiger partial charge in [0.15, 0.2) is 0 Å². The van der Waals surface area contributed by atoms with Crippen molar-refractivity contribution in [2.45, 2.75) is 38.6 Å². The van der Waals surface area contributed by atoms with Gasteiger partial charge in [-0.3, -0.25) is 4.90 Å².